The Labute approximate surface area is 196 Å². The molecule has 1 rings (SSSR count). The predicted molar refractivity (Wildman–Crippen MR) is 123 cm³/mol. The molecule has 33 heavy (non-hydrogen) atoms. The van der Waals surface area contributed by atoms with Crippen LogP contribution >= 0.6 is 0 Å². The molecule has 1 aliphatic rings. The number of hydrogen-bond donors (Lipinski definition) is 4. The average molecular weight is 469 g/mol. The average Bonchev–Trinajstić information content (AvgIpc) is 3.07. The number of alkyl carbamates (subject to hydrolysis) is 1. The van der Waals surface area contributed by atoms with E-state index in [1.165, 1.54) is 0 Å². The number of carbonyl (C=O) groups is 5. The van der Waals surface area contributed by atoms with Gasteiger partial charge in [-0.2, -0.15) is 0 Å². The molecule has 0 unspecified atom stereocenters. The highest BCUT2D eigenvalue weighted by molar-refractivity contribution is 5.92. The van der Waals surface area contributed by atoms with Gasteiger partial charge in [0.2, 0.25) is 17.7 Å². The lowest BCUT2D eigenvalue weighted by molar-refractivity contribution is -0.132. The normalized spacial score (nSPS) is 18.8. The number of rotatable bonds is 11. The van der Waals surface area contributed by atoms with Gasteiger partial charge in [-0.15, -0.1) is 0 Å². The molecular weight excluding hydrogens is 428 g/mol. The molecule has 0 aliphatic carbocycles. The molecule has 10 nitrogen and oxygen atoms in total. The number of aldehydes is 1. The molecule has 1 heterocycles. The summed E-state index contributed by atoms with van der Waals surface area (Å²) in [5, 5.41) is 10.6. The van der Waals surface area contributed by atoms with E-state index in [0.717, 1.165) is 0 Å². The number of amides is 4. The van der Waals surface area contributed by atoms with Gasteiger partial charge in [0.1, 0.15) is 24.0 Å². The SMILES string of the molecule is CC(C)C[C@H](NC(=O)[C@@H](NC(=O)OC(C)(C)C)C(C)C)C(=O)N[C@H](C=O)C[C@@H]1CCNC1=O. The number of hydrogen-bond acceptors (Lipinski definition) is 6. The van der Waals surface area contributed by atoms with Crippen molar-refractivity contribution in [2.24, 2.45) is 17.8 Å². The van der Waals surface area contributed by atoms with E-state index >= 15 is 0 Å². The van der Waals surface area contributed by atoms with Crippen LogP contribution in [0.5, 0.6) is 0 Å². The molecule has 1 aliphatic heterocycles. The van der Waals surface area contributed by atoms with Gasteiger partial charge in [0, 0.05) is 12.5 Å². The first kappa shape index (κ1) is 28.4. The fourth-order valence-electron chi connectivity index (χ4n) is 3.54. The Bertz CT molecular complexity index is 716. The quantitative estimate of drug-likeness (QED) is 0.336. The maximum Gasteiger partial charge on any atom is 0.408 e. The molecule has 0 spiro atoms. The molecule has 10 heteroatoms. The summed E-state index contributed by atoms with van der Waals surface area (Å²) in [5.41, 5.74) is -0.720. The van der Waals surface area contributed by atoms with E-state index in [4.69, 9.17) is 4.74 Å². The topological polar surface area (TPSA) is 143 Å². The van der Waals surface area contributed by atoms with E-state index in [0.29, 0.717) is 25.7 Å². The van der Waals surface area contributed by atoms with Crippen molar-refractivity contribution >= 4 is 30.1 Å². The molecular formula is C23H40N4O6. The highest BCUT2D eigenvalue weighted by Gasteiger charge is 2.32. The molecule has 188 valence electrons. The minimum atomic E-state index is -0.911. The molecule has 0 radical (unpaired) electrons. The number of nitrogens with one attached hydrogen (secondary N) is 4. The summed E-state index contributed by atoms with van der Waals surface area (Å²) >= 11 is 0. The van der Waals surface area contributed by atoms with E-state index in [1.54, 1.807) is 34.6 Å². The molecule has 0 aromatic rings. The zero-order chi connectivity index (χ0) is 25.3. The van der Waals surface area contributed by atoms with Crippen LogP contribution in [0.2, 0.25) is 0 Å². The maximum atomic E-state index is 13.0. The van der Waals surface area contributed by atoms with Crippen molar-refractivity contribution in [3.05, 3.63) is 0 Å². The summed E-state index contributed by atoms with van der Waals surface area (Å²) in [6.45, 7) is 13.1. The van der Waals surface area contributed by atoms with Crippen LogP contribution in [0.4, 0.5) is 4.79 Å². The monoisotopic (exact) mass is 468 g/mol. The second-order valence-corrected chi connectivity index (χ2v) is 10.3. The van der Waals surface area contributed by atoms with Crippen molar-refractivity contribution in [3.63, 3.8) is 0 Å². The summed E-state index contributed by atoms with van der Waals surface area (Å²) in [6.07, 6.45) is 1.04. The Hall–Kier alpha value is -2.65. The Morgan fingerprint density at radius 1 is 1.09 bits per heavy atom. The van der Waals surface area contributed by atoms with Gasteiger partial charge < -0.3 is 30.8 Å². The second kappa shape index (κ2) is 12.6. The largest absolute Gasteiger partial charge is 0.444 e. The van der Waals surface area contributed by atoms with Crippen molar-refractivity contribution < 1.29 is 28.7 Å². The fraction of sp³-hybridized carbons (Fsp3) is 0.783. The Balaban J connectivity index is 2.86. The zero-order valence-corrected chi connectivity index (χ0v) is 20.8. The van der Waals surface area contributed by atoms with Crippen LogP contribution in [0, 0.1) is 17.8 Å². The summed E-state index contributed by atoms with van der Waals surface area (Å²) in [5.74, 6) is -1.67. The first-order valence-electron chi connectivity index (χ1n) is 11.6. The minimum Gasteiger partial charge on any atom is -0.444 e. The summed E-state index contributed by atoms with van der Waals surface area (Å²) in [4.78, 5) is 61.5. The van der Waals surface area contributed by atoms with Crippen LogP contribution in [0.1, 0.15) is 67.7 Å². The molecule has 4 amide bonds. The standard InChI is InChI=1S/C23H40N4O6/c1-13(2)10-17(20(30)25-16(12-28)11-15-8-9-24-19(15)29)26-21(31)18(14(3)4)27-22(32)33-23(5,6)7/h12-18H,8-11H2,1-7H3,(H,24,29)(H,25,30)(H,26,31)(H,27,32)/t15-,16-,17-,18-/m0/s1. The summed E-state index contributed by atoms with van der Waals surface area (Å²) < 4.78 is 5.24. The fourth-order valence-corrected chi connectivity index (χ4v) is 3.54. The highest BCUT2D eigenvalue weighted by atomic mass is 16.6. The van der Waals surface area contributed by atoms with Crippen LogP contribution in [-0.4, -0.2) is 60.4 Å². The van der Waals surface area contributed by atoms with Gasteiger partial charge in [-0.1, -0.05) is 27.7 Å². The third-order valence-corrected chi connectivity index (χ3v) is 5.15. The van der Waals surface area contributed by atoms with Gasteiger partial charge >= 0.3 is 6.09 Å². The molecule has 4 atom stereocenters. The zero-order valence-electron chi connectivity index (χ0n) is 20.8. The van der Waals surface area contributed by atoms with E-state index in [2.05, 4.69) is 21.3 Å². The Kier molecular flexibility index (Phi) is 10.8. The lowest BCUT2D eigenvalue weighted by Gasteiger charge is -2.28. The molecule has 0 aromatic heterocycles. The van der Waals surface area contributed by atoms with Gasteiger partial charge in [0.05, 0.1) is 6.04 Å². The van der Waals surface area contributed by atoms with Crippen LogP contribution < -0.4 is 21.3 Å². The van der Waals surface area contributed by atoms with Crippen molar-refractivity contribution in [2.45, 2.75) is 91.5 Å². The minimum absolute atomic E-state index is 0.0765. The van der Waals surface area contributed by atoms with E-state index in [9.17, 15) is 24.0 Å². The Morgan fingerprint density at radius 2 is 1.73 bits per heavy atom. The molecule has 1 fully saturated rings. The lowest BCUT2D eigenvalue weighted by atomic mass is 9.97. The van der Waals surface area contributed by atoms with Gasteiger partial charge in [-0.25, -0.2) is 4.79 Å². The first-order valence-corrected chi connectivity index (χ1v) is 11.6. The number of ether oxygens (including phenoxy) is 1. The van der Waals surface area contributed by atoms with Crippen molar-refractivity contribution in [2.75, 3.05) is 6.54 Å². The van der Waals surface area contributed by atoms with E-state index < -0.39 is 41.6 Å². The third-order valence-electron chi connectivity index (χ3n) is 5.15. The van der Waals surface area contributed by atoms with Crippen LogP contribution in [-0.2, 0) is 23.9 Å². The smallest absolute Gasteiger partial charge is 0.408 e. The molecule has 0 aromatic carbocycles. The van der Waals surface area contributed by atoms with Crippen molar-refractivity contribution in [1.29, 1.82) is 0 Å². The number of carbonyl (C=O) groups excluding carboxylic acids is 5. The van der Waals surface area contributed by atoms with Crippen LogP contribution in [0.15, 0.2) is 0 Å². The second-order valence-electron chi connectivity index (χ2n) is 10.3. The maximum absolute atomic E-state index is 13.0. The van der Waals surface area contributed by atoms with Gasteiger partial charge in [-0.3, -0.25) is 14.4 Å². The molecule has 0 saturated carbocycles. The molecule has 1 saturated heterocycles. The van der Waals surface area contributed by atoms with Crippen molar-refractivity contribution in [3.8, 4) is 0 Å². The Morgan fingerprint density at radius 3 is 2.18 bits per heavy atom. The van der Waals surface area contributed by atoms with E-state index in [-0.39, 0.29) is 30.1 Å². The van der Waals surface area contributed by atoms with Gasteiger partial charge in [-0.05, 0) is 51.9 Å². The van der Waals surface area contributed by atoms with Crippen LogP contribution in [0.3, 0.4) is 0 Å². The first-order chi connectivity index (χ1) is 15.2. The van der Waals surface area contributed by atoms with Gasteiger partial charge in [0.15, 0.2) is 0 Å². The summed E-state index contributed by atoms with van der Waals surface area (Å²) in [6, 6.07) is -2.65. The van der Waals surface area contributed by atoms with Crippen LogP contribution in [0.25, 0.3) is 0 Å². The van der Waals surface area contributed by atoms with E-state index in [1.807, 2.05) is 13.8 Å². The molecule has 0 bridgehead atoms. The highest BCUT2D eigenvalue weighted by Crippen LogP contribution is 2.16. The predicted octanol–water partition coefficient (Wildman–Crippen LogP) is 1.28. The van der Waals surface area contributed by atoms with Crippen molar-refractivity contribution in [1.82, 2.24) is 21.3 Å². The van der Waals surface area contributed by atoms with Gasteiger partial charge in [0.25, 0.3) is 0 Å². The third kappa shape index (κ3) is 10.2. The summed E-state index contributed by atoms with van der Waals surface area (Å²) in [7, 11) is 0. The lowest BCUT2D eigenvalue weighted by Crippen LogP contribution is -2.57. The molecule has 4 N–H and O–H groups in total.